The van der Waals surface area contributed by atoms with E-state index in [0.717, 1.165) is 5.69 Å². The number of esters is 1. The Morgan fingerprint density at radius 2 is 2.28 bits per heavy atom. The molecular formula is C13H17FN2O2. The summed E-state index contributed by atoms with van der Waals surface area (Å²) in [7, 11) is 1.37. The minimum atomic E-state index is -0.290. The zero-order valence-electron chi connectivity index (χ0n) is 10.3. The molecule has 1 heterocycles. The normalized spacial score (nSPS) is 23.8. The highest BCUT2D eigenvalue weighted by Gasteiger charge is 2.30. The van der Waals surface area contributed by atoms with Gasteiger partial charge in [-0.05, 0) is 24.6 Å². The minimum Gasteiger partial charge on any atom is -0.469 e. The van der Waals surface area contributed by atoms with Gasteiger partial charge in [-0.15, -0.1) is 0 Å². The van der Waals surface area contributed by atoms with Gasteiger partial charge in [0.25, 0.3) is 0 Å². The standard InChI is InChI=1S/C13H17FN2O2/c1-18-13(17)9-5-11(15)8-16(7-9)12-4-2-3-10(14)6-12/h2-4,6,9,11H,5,7-8,15H2,1H3. The molecule has 0 aromatic heterocycles. The van der Waals surface area contributed by atoms with Gasteiger partial charge in [-0.2, -0.15) is 0 Å². The van der Waals surface area contributed by atoms with E-state index in [1.165, 1.54) is 19.2 Å². The van der Waals surface area contributed by atoms with Crippen LogP contribution in [0.4, 0.5) is 10.1 Å². The summed E-state index contributed by atoms with van der Waals surface area (Å²) in [5.41, 5.74) is 6.69. The molecule has 1 aliphatic rings. The highest BCUT2D eigenvalue weighted by atomic mass is 19.1. The summed E-state index contributed by atoms with van der Waals surface area (Å²) in [5.74, 6) is -0.796. The van der Waals surface area contributed by atoms with Crippen LogP contribution in [0.15, 0.2) is 24.3 Å². The van der Waals surface area contributed by atoms with E-state index in [1.54, 1.807) is 6.07 Å². The van der Waals surface area contributed by atoms with Crippen LogP contribution in [0, 0.1) is 11.7 Å². The van der Waals surface area contributed by atoms with Gasteiger partial charge in [0.05, 0.1) is 13.0 Å². The lowest BCUT2D eigenvalue weighted by Gasteiger charge is -2.36. The van der Waals surface area contributed by atoms with Gasteiger partial charge in [0.15, 0.2) is 0 Å². The van der Waals surface area contributed by atoms with Crippen molar-refractivity contribution in [3.05, 3.63) is 30.1 Å². The van der Waals surface area contributed by atoms with Gasteiger partial charge in [-0.1, -0.05) is 6.07 Å². The third-order valence-electron chi connectivity index (χ3n) is 3.19. The van der Waals surface area contributed by atoms with E-state index in [9.17, 15) is 9.18 Å². The summed E-state index contributed by atoms with van der Waals surface area (Å²) in [6, 6.07) is 6.21. The molecule has 98 valence electrons. The Hall–Kier alpha value is -1.62. The highest BCUT2D eigenvalue weighted by Crippen LogP contribution is 2.24. The van der Waals surface area contributed by atoms with E-state index in [2.05, 4.69) is 0 Å². The molecule has 1 aromatic carbocycles. The summed E-state index contributed by atoms with van der Waals surface area (Å²) in [5, 5.41) is 0. The van der Waals surface area contributed by atoms with Crippen molar-refractivity contribution < 1.29 is 13.9 Å². The zero-order valence-corrected chi connectivity index (χ0v) is 10.3. The predicted molar refractivity (Wildman–Crippen MR) is 66.7 cm³/mol. The molecule has 4 nitrogen and oxygen atoms in total. The van der Waals surface area contributed by atoms with Crippen LogP contribution < -0.4 is 10.6 Å². The minimum absolute atomic E-state index is 0.105. The smallest absolute Gasteiger partial charge is 0.310 e. The number of methoxy groups -OCH3 is 1. The van der Waals surface area contributed by atoms with Crippen LogP contribution in [0.5, 0.6) is 0 Å². The fraction of sp³-hybridized carbons (Fsp3) is 0.462. The second kappa shape index (κ2) is 5.35. The van der Waals surface area contributed by atoms with Gasteiger partial charge in [0, 0.05) is 24.8 Å². The third-order valence-corrected chi connectivity index (χ3v) is 3.19. The van der Waals surface area contributed by atoms with E-state index in [4.69, 9.17) is 10.5 Å². The van der Waals surface area contributed by atoms with E-state index >= 15 is 0 Å². The maximum absolute atomic E-state index is 13.2. The van der Waals surface area contributed by atoms with E-state index in [1.807, 2.05) is 11.0 Å². The van der Waals surface area contributed by atoms with Crippen LogP contribution in [0.1, 0.15) is 6.42 Å². The largest absolute Gasteiger partial charge is 0.469 e. The molecule has 18 heavy (non-hydrogen) atoms. The van der Waals surface area contributed by atoms with E-state index in [-0.39, 0.29) is 23.7 Å². The topological polar surface area (TPSA) is 55.6 Å². The Labute approximate surface area is 106 Å². The lowest BCUT2D eigenvalue weighted by Crippen LogP contribution is -2.49. The van der Waals surface area contributed by atoms with Crippen molar-refractivity contribution in [2.75, 3.05) is 25.1 Å². The number of anilines is 1. The molecule has 5 heteroatoms. The monoisotopic (exact) mass is 252 g/mol. The second-order valence-corrected chi connectivity index (χ2v) is 4.60. The fourth-order valence-electron chi connectivity index (χ4n) is 2.36. The number of halogens is 1. The summed E-state index contributed by atoms with van der Waals surface area (Å²) in [6.07, 6.45) is 0.610. The first-order valence-electron chi connectivity index (χ1n) is 5.94. The lowest BCUT2D eigenvalue weighted by atomic mass is 9.94. The lowest BCUT2D eigenvalue weighted by molar-refractivity contribution is -0.145. The van der Waals surface area contributed by atoms with Crippen molar-refractivity contribution in [3.63, 3.8) is 0 Å². The first-order valence-corrected chi connectivity index (χ1v) is 5.94. The Kier molecular flexibility index (Phi) is 3.81. The Balaban J connectivity index is 2.15. The average Bonchev–Trinajstić information content (AvgIpc) is 2.37. The zero-order chi connectivity index (χ0) is 13.1. The summed E-state index contributed by atoms with van der Waals surface area (Å²) >= 11 is 0. The Bertz CT molecular complexity index is 439. The highest BCUT2D eigenvalue weighted by molar-refractivity contribution is 5.73. The number of nitrogens with zero attached hydrogens (tertiary/aromatic N) is 1. The Morgan fingerprint density at radius 3 is 2.94 bits per heavy atom. The summed E-state index contributed by atoms with van der Waals surface area (Å²) in [6.45, 7) is 1.14. The van der Waals surface area contributed by atoms with Crippen molar-refractivity contribution in [1.29, 1.82) is 0 Å². The van der Waals surface area contributed by atoms with Gasteiger partial charge < -0.3 is 15.4 Å². The number of ether oxygens (including phenoxy) is 1. The molecule has 0 aliphatic carbocycles. The predicted octanol–water partition coefficient (Wildman–Crippen LogP) is 1.15. The quantitative estimate of drug-likeness (QED) is 0.802. The number of hydrogen-bond donors (Lipinski definition) is 1. The van der Waals surface area contributed by atoms with Gasteiger partial charge >= 0.3 is 5.97 Å². The van der Waals surface area contributed by atoms with E-state index < -0.39 is 0 Å². The van der Waals surface area contributed by atoms with Crippen molar-refractivity contribution in [2.24, 2.45) is 11.7 Å². The van der Waals surface area contributed by atoms with Gasteiger partial charge in [0.2, 0.25) is 0 Å². The molecule has 1 aliphatic heterocycles. The molecule has 1 aromatic rings. The number of piperidine rings is 1. The molecule has 0 amide bonds. The molecule has 1 fully saturated rings. The molecule has 2 atom stereocenters. The van der Waals surface area contributed by atoms with Crippen LogP contribution in [0.25, 0.3) is 0 Å². The van der Waals surface area contributed by atoms with Crippen LogP contribution in [-0.4, -0.2) is 32.2 Å². The van der Waals surface area contributed by atoms with Gasteiger partial charge in [-0.3, -0.25) is 4.79 Å². The van der Waals surface area contributed by atoms with Crippen molar-refractivity contribution in [3.8, 4) is 0 Å². The molecule has 2 rings (SSSR count). The first-order chi connectivity index (χ1) is 8.60. The number of benzene rings is 1. The van der Waals surface area contributed by atoms with Gasteiger partial charge in [-0.25, -0.2) is 4.39 Å². The van der Waals surface area contributed by atoms with Crippen molar-refractivity contribution >= 4 is 11.7 Å². The second-order valence-electron chi connectivity index (χ2n) is 4.60. The number of nitrogens with two attached hydrogens (primary N) is 1. The molecule has 1 saturated heterocycles. The molecule has 2 unspecified atom stereocenters. The number of carbonyl (C=O) groups excluding carboxylic acids is 1. The SMILES string of the molecule is COC(=O)C1CC(N)CN(c2cccc(F)c2)C1. The van der Waals surface area contributed by atoms with Crippen LogP contribution >= 0.6 is 0 Å². The molecule has 2 N–H and O–H groups in total. The summed E-state index contributed by atoms with van der Waals surface area (Å²) < 4.78 is 17.9. The first kappa shape index (κ1) is 12.8. The summed E-state index contributed by atoms with van der Waals surface area (Å²) in [4.78, 5) is 13.5. The molecule has 0 radical (unpaired) electrons. The Morgan fingerprint density at radius 1 is 1.50 bits per heavy atom. The molecule has 0 bridgehead atoms. The fourth-order valence-corrected chi connectivity index (χ4v) is 2.36. The number of hydrogen-bond acceptors (Lipinski definition) is 4. The maximum Gasteiger partial charge on any atom is 0.310 e. The molecular weight excluding hydrogens is 235 g/mol. The van der Waals surface area contributed by atoms with Crippen molar-refractivity contribution in [1.82, 2.24) is 0 Å². The van der Waals surface area contributed by atoms with Crippen molar-refractivity contribution in [2.45, 2.75) is 12.5 Å². The number of carbonyl (C=O) groups is 1. The number of rotatable bonds is 2. The maximum atomic E-state index is 13.2. The molecule has 0 spiro atoms. The van der Waals surface area contributed by atoms with E-state index in [0.29, 0.717) is 19.5 Å². The average molecular weight is 252 g/mol. The van der Waals surface area contributed by atoms with Gasteiger partial charge in [0.1, 0.15) is 5.82 Å². The van der Waals surface area contributed by atoms with Crippen LogP contribution in [-0.2, 0) is 9.53 Å². The molecule has 0 saturated carbocycles. The van der Waals surface area contributed by atoms with Crippen LogP contribution in [0.3, 0.4) is 0 Å². The van der Waals surface area contributed by atoms with Crippen LogP contribution in [0.2, 0.25) is 0 Å². The third kappa shape index (κ3) is 2.79.